The van der Waals surface area contributed by atoms with Crippen LogP contribution in [0.2, 0.25) is 0 Å². The zero-order valence-electron chi connectivity index (χ0n) is 14.2. The summed E-state index contributed by atoms with van der Waals surface area (Å²) < 4.78 is 0. The molecule has 1 atom stereocenters. The van der Waals surface area contributed by atoms with Crippen molar-refractivity contribution in [2.24, 2.45) is 0 Å². The lowest BCUT2D eigenvalue weighted by Gasteiger charge is -2.19. The molecular weight excluding hydrogens is 337 g/mol. The van der Waals surface area contributed by atoms with Crippen molar-refractivity contribution >= 4 is 19.0 Å². The van der Waals surface area contributed by atoms with Crippen molar-refractivity contribution < 1.29 is 29.9 Å². The lowest BCUT2D eigenvalue weighted by Crippen LogP contribution is -2.47. The fraction of sp³-hybridized carbons (Fsp3) is 0.222. The number of aryl methyl sites for hydroxylation is 1. The molecule has 5 N–H and O–H groups in total. The van der Waals surface area contributed by atoms with E-state index in [1.54, 1.807) is 24.3 Å². The highest BCUT2D eigenvalue weighted by Crippen LogP contribution is 2.24. The summed E-state index contributed by atoms with van der Waals surface area (Å²) in [5.41, 5.74) is 1.31. The van der Waals surface area contributed by atoms with Crippen LogP contribution in [-0.4, -0.2) is 45.2 Å². The summed E-state index contributed by atoms with van der Waals surface area (Å²) in [6, 6.07) is 11.0. The fourth-order valence-electron chi connectivity index (χ4n) is 2.54. The number of phenols is 1. The van der Waals surface area contributed by atoms with Crippen molar-refractivity contribution in [1.82, 2.24) is 5.32 Å². The first kappa shape index (κ1) is 19.5. The molecule has 2 rings (SSSR count). The predicted octanol–water partition coefficient (Wildman–Crippen LogP) is 1.01. The third kappa shape index (κ3) is 4.62. The maximum atomic E-state index is 12.3. The van der Waals surface area contributed by atoms with Crippen molar-refractivity contribution in [1.29, 1.82) is 0 Å². The number of aromatic carboxylic acids is 1. The van der Waals surface area contributed by atoms with Crippen LogP contribution in [0.1, 0.15) is 38.8 Å². The quantitative estimate of drug-likeness (QED) is 0.471. The number of para-hydroxylation sites is 1. The van der Waals surface area contributed by atoms with E-state index in [-0.39, 0.29) is 17.5 Å². The Balaban J connectivity index is 2.17. The van der Waals surface area contributed by atoms with E-state index in [2.05, 4.69) is 5.32 Å². The third-order valence-corrected chi connectivity index (χ3v) is 4.09. The van der Waals surface area contributed by atoms with Crippen LogP contribution in [0, 0.1) is 0 Å². The zero-order valence-corrected chi connectivity index (χ0v) is 14.2. The van der Waals surface area contributed by atoms with Crippen LogP contribution < -0.4 is 5.32 Å². The molecule has 0 bridgehead atoms. The number of hydrogen-bond acceptors (Lipinski definition) is 5. The smallest absolute Gasteiger partial charge is 0.475 e. The van der Waals surface area contributed by atoms with Gasteiger partial charge in [0.05, 0.1) is 5.94 Å². The van der Waals surface area contributed by atoms with Gasteiger partial charge in [-0.15, -0.1) is 0 Å². The van der Waals surface area contributed by atoms with Crippen molar-refractivity contribution in [2.75, 3.05) is 0 Å². The average molecular weight is 357 g/mol. The largest absolute Gasteiger partial charge is 0.507 e. The molecule has 2 aromatic rings. The zero-order chi connectivity index (χ0) is 19.3. The number of carboxylic acid groups (broad SMARTS) is 1. The maximum absolute atomic E-state index is 12.3. The molecule has 2 aromatic carbocycles. The van der Waals surface area contributed by atoms with E-state index in [9.17, 15) is 24.7 Å². The Hall–Kier alpha value is -2.84. The van der Waals surface area contributed by atoms with Gasteiger partial charge >= 0.3 is 13.1 Å². The molecule has 8 heteroatoms. The maximum Gasteiger partial charge on any atom is 0.475 e. The molecule has 136 valence electrons. The Morgan fingerprint density at radius 3 is 2.31 bits per heavy atom. The number of nitrogens with one attached hydrogen (secondary N) is 1. The van der Waals surface area contributed by atoms with E-state index in [1.807, 2.05) is 6.92 Å². The number of aromatic hydroxyl groups is 1. The third-order valence-electron chi connectivity index (χ3n) is 4.09. The lowest BCUT2D eigenvalue weighted by molar-refractivity contribution is 0.0693. The molecule has 0 spiro atoms. The number of hydrogen-bond donors (Lipinski definition) is 5. The number of amides is 1. The standard InChI is InChI=1S/C18H20BNO6/c1-2-11-6-8-12(9-7-11)17(22)20-15(19(25)26)10-13-4-3-5-14(16(13)21)18(23)24/h3-9,15,21,25-26H,2,10H2,1H3,(H,20,22)(H,23,24)/t15-/m0/s1. The van der Waals surface area contributed by atoms with E-state index >= 15 is 0 Å². The van der Waals surface area contributed by atoms with Gasteiger partial charge in [-0.25, -0.2) is 4.79 Å². The molecule has 7 nitrogen and oxygen atoms in total. The fourth-order valence-corrected chi connectivity index (χ4v) is 2.54. The number of carboxylic acids is 1. The average Bonchev–Trinajstić information content (AvgIpc) is 2.62. The molecule has 26 heavy (non-hydrogen) atoms. The first-order valence-corrected chi connectivity index (χ1v) is 8.13. The minimum atomic E-state index is -1.89. The summed E-state index contributed by atoms with van der Waals surface area (Å²) in [6.07, 6.45) is 0.683. The predicted molar refractivity (Wildman–Crippen MR) is 96.0 cm³/mol. The van der Waals surface area contributed by atoms with Crippen molar-refractivity contribution in [2.45, 2.75) is 25.7 Å². The topological polar surface area (TPSA) is 127 Å². The Labute approximate surface area is 151 Å². The summed E-state index contributed by atoms with van der Waals surface area (Å²) in [7, 11) is -1.89. The van der Waals surface area contributed by atoms with Crippen LogP contribution in [0.15, 0.2) is 42.5 Å². The molecule has 0 saturated heterocycles. The molecule has 0 unspecified atom stereocenters. The number of rotatable bonds is 7. The molecule has 0 heterocycles. The van der Waals surface area contributed by atoms with Crippen LogP contribution in [-0.2, 0) is 12.8 Å². The highest BCUT2D eigenvalue weighted by atomic mass is 16.4. The van der Waals surface area contributed by atoms with Gasteiger partial charge in [0.2, 0.25) is 0 Å². The van der Waals surface area contributed by atoms with Gasteiger partial charge in [0.1, 0.15) is 11.3 Å². The minimum Gasteiger partial charge on any atom is -0.507 e. The molecule has 0 aliphatic heterocycles. The van der Waals surface area contributed by atoms with E-state index in [0.717, 1.165) is 12.0 Å². The van der Waals surface area contributed by atoms with Gasteiger partial charge in [0, 0.05) is 5.56 Å². The first-order chi connectivity index (χ1) is 12.3. The summed E-state index contributed by atoms with van der Waals surface area (Å²) >= 11 is 0. The molecular formula is C18H20BNO6. The SMILES string of the molecule is CCc1ccc(C(=O)N[C@@H](Cc2cccc(C(=O)O)c2O)B(O)O)cc1. The van der Waals surface area contributed by atoms with Crippen molar-refractivity contribution in [3.63, 3.8) is 0 Å². The van der Waals surface area contributed by atoms with Gasteiger partial charge in [-0.2, -0.15) is 0 Å². The normalized spacial score (nSPS) is 11.7. The van der Waals surface area contributed by atoms with Gasteiger partial charge in [0.15, 0.2) is 0 Å². The lowest BCUT2D eigenvalue weighted by atomic mass is 9.75. The second kappa shape index (κ2) is 8.51. The van der Waals surface area contributed by atoms with Gasteiger partial charge in [0.25, 0.3) is 5.91 Å². The second-order valence-corrected chi connectivity index (χ2v) is 5.87. The van der Waals surface area contributed by atoms with Crippen LogP contribution in [0.4, 0.5) is 0 Å². The van der Waals surface area contributed by atoms with Gasteiger partial charge < -0.3 is 25.6 Å². The van der Waals surface area contributed by atoms with Crippen LogP contribution in [0.3, 0.4) is 0 Å². The Morgan fingerprint density at radius 2 is 1.77 bits per heavy atom. The van der Waals surface area contributed by atoms with E-state index < -0.39 is 30.7 Å². The summed E-state index contributed by atoms with van der Waals surface area (Å²) in [4.78, 5) is 23.4. The first-order valence-electron chi connectivity index (χ1n) is 8.13. The number of carbonyl (C=O) groups excluding carboxylic acids is 1. The highest BCUT2D eigenvalue weighted by molar-refractivity contribution is 6.43. The summed E-state index contributed by atoms with van der Waals surface area (Å²) in [6.45, 7) is 1.99. The van der Waals surface area contributed by atoms with Gasteiger partial charge in [-0.1, -0.05) is 31.2 Å². The summed E-state index contributed by atoms with van der Waals surface area (Å²) in [5, 5.41) is 40.7. The van der Waals surface area contributed by atoms with Crippen LogP contribution in [0.5, 0.6) is 5.75 Å². The van der Waals surface area contributed by atoms with Crippen molar-refractivity contribution in [3.05, 3.63) is 64.7 Å². The molecule has 0 saturated carbocycles. The second-order valence-electron chi connectivity index (χ2n) is 5.87. The van der Waals surface area contributed by atoms with Gasteiger partial charge in [-0.05, 0) is 42.2 Å². The van der Waals surface area contributed by atoms with E-state index in [0.29, 0.717) is 5.56 Å². The molecule has 0 fully saturated rings. The Kier molecular flexibility index (Phi) is 6.38. The minimum absolute atomic E-state index is 0.149. The number of benzene rings is 2. The van der Waals surface area contributed by atoms with E-state index in [4.69, 9.17) is 5.11 Å². The highest BCUT2D eigenvalue weighted by Gasteiger charge is 2.27. The van der Waals surface area contributed by atoms with Crippen LogP contribution >= 0.6 is 0 Å². The molecule has 0 aliphatic rings. The monoisotopic (exact) mass is 357 g/mol. The van der Waals surface area contributed by atoms with Gasteiger partial charge in [-0.3, -0.25) is 4.79 Å². The summed E-state index contributed by atoms with van der Waals surface area (Å²) in [5.74, 6) is -3.39. The Morgan fingerprint density at radius 1 is 1.12 bits per heavy atom. The molecule has 0 aliphatic carbocycles. The Bertz CT molecular complexity index is 791. The van der Waals surface area contributed by atoms with Crippen LogP contribution in [0.25, 0.3) is 0 Å². The van der Waals surface area contributed by atoms with E-state index in [1.165, 1.54) is 18.2 Å². The number of carbonyl (C=O) groups is 2. The molecule has 0 aromatic heterocycles. The molecule has 0 radical (unpaired) electrons. The van der Waals surface area contributed by atoms with Crippen molar-refractivity contribution in [3.8, 4) is 5.75 Å². The molecule has 1 amide bonds.